The number of hydrogen-bond donors (Lipinski definition) is 0. The van der Waals surface area contributed by atoms with Crippen molar-refractivity contribution in [1.82, 2.24) is 0 Å². The van der Waals surface area contributed by atoms with Gasteiger partial charge in [0.1, 0.15) is 13.3 Å². The molecule has 0 saturated heterocycles. The summed E-state index contributed by atoms with van der Waals surface area (Å²) in [6.07, 6.45) is 0. The highest BCUT2D eigenvalue weighted by Crippen LogP contribution is 2.49. The van der Waals surface area contributed by atoms with Crippen molar-refractivity contribution in [2.24, 2.45) is 0 Å². The van der Waals surface area contributed by atoms with Crippen molar-refractivity contribution >= 4 is 17.6 Å². The minimum atomic E-state index is -0.778. The Labute approximate surface area is 196 Å². The van der Waals surface area contributed by atoms with Crippen molar-refractivity contribution < 1.29 is 13.9 Å². The maximum Gasteiger partial charge on any atom is 0.338 e. The van der Waals surface area contributed by atoms with E-state index in [2.05, 4.69) is 24.3 Å². The van der Waals surface area contributed by atoms with Gasteiger partial charge in [-0.3, -0.25) is 0 Å². The van der Waals surface area contributed by atoms with E-state index in [1.807, 2.05) is 54.6 Å². The normalized spacial score (nSPS) is 15.5. The Balaban J connectivity index is 1.32. The Morgan fingerprint density at radius 2 is 1.30 bits per heavy atom. The van der Waals surface area contributed by atoms with E-state index in [9.17, 15) is 9.18 Å². The summed E-state index contributed by atoms with van der Waals surface area (Å²) in [4.78, 5) is 13.2. The molecule has 0 saturated carbocycles. The first kappa shape index (κ1) is 20.2. The van der Waals surface area contributed by atoms with Gasteiger partial charge in [-0.15, -0.1) is 11.6 Å². The molecule has 4 heteroatoms. The minimum absolute atomic E-state index is 0.0466. The van der Waals surface area contributed by atoms with Crippen molar-refractivity contribution in [3.8, 4) is 22.3 Å². The monoisotopic (exact) mass is 454 g/mol. The largest absolute Gasteiger partial charge is 0.461 e. The van der Waals surface area contributed by atoms with Gasteiger partial charge in [0.2, 0.25) is 0 Å². The molecule has 6 rings (SSSR count). The second-order valence-electron chi connectivity index (χ2n) is 8.46. The van der Waals surface area contributed by atoms with Gasteiger partial charge >= 0.3 is 5.97 Å². The number of hydrogen-bond acceptors (Lipinski definition) is 2. The van der Waals surface area contributed by atoms with Crippen LogP contribution in [0.15, 0.2) is 84.9 Å². The number of ether oxygens (including phenoxy) is 1. The number of esters is 1. The molecule has 1 unspecified atom stereocenters. The molecule has 2 aliphatic rings. The predicted octanol–water partition coefficient (Wildman–Crippen LogP) is 7.43. The molecule has 0 heterocycles. The Hall–Kier alpha value is -3.43. The van der Waals surface area contributed by atoms with E-state index in [-0.39, 0.29) is 18.1 Å². The van der Waals surface area contributed by atoms with E-state index >= 15 is 0 Å². The minimum Gasteiger partial charge on any atom is -0.461 e. The van der Waals surface area contributed by atoms with Gasteiger partial charge in [-0.05, 0) is 50.6 Å². The number of halogens is 2. The number of alkyl halides is 2. The second kappa shape index (κ2) is 7.86. The van der Waals surface area contributed by atoms with Crippen LogP contribution in [0.1, 0.15) is 49.5 Å². The smallest absolute Gasteiger partial charge is 0.338 e. The molecule has 1 atom stereocenters. The third-order valence-electron chi connectivity index (χ3n) is 6.83. The van der Waals surface area contributed by atoms with E-state index in [0.29, 0.717) is 11.1 Å². The maximum atomic E-state index is 14.3. The topological polar surface area (TPSA) is 26.3 Å². The van der Waals surface area contributed by atoms with Gasteiger partial charge < -0.3 is 4.74 Å². The summed E-state index contributed by atoms with van der Waals surface area (Å²) < 4.78 is 20.1. The van der Waals surface area contributed by atoms with Crippen LogP contribution in [0.5, 0.6) is 0 Å². The Kier molecular flexibility index (Phi) is 4.81. The zero-order valence-corrected chi connectivity index (χ0v) is 18.5. The van der Waals surface area contributed by atoms with Crippen molar-refractivity contribution in [3.63, 3.8) is 0 Å². The van der Waals surface area contributed by atoms with Crippen LogP contribution < -0.4 is 0 Å². The zero-order valence-electron chi connectivity index (χ0n) is 17.7. The van der Waals surface area contributed by atoms with E-state index in [0.717, 1.165) is 27.8 Å². The summed E-state index contributed by atoms with van der Waals surface area (Å²) in [6.45, 7) is -0.583. The fourth-order valence-corrected chi connectivity index (χ4v) is 5.76. The first-order valence-electron chi connectivity index (χ1n) is 11.0. The van der Waals surface area contributed by atoms with Crippen LogP contribution in [0.3, 0.4) is 0 Å². The summed E-state index contributed by atoms with van der Waals surface area (Å²) in [6, 6.07) is 27.7. The van der Waals surface area contributed by atoms with Gasteiger partial charge in [-0.25, -0.2) is 9.18 Å². The highest BCUT2D eigenvalue weighted by atomic mass is 35.5. The number of rotatable bonds is 4. The van der Waals surface area contributed by atoms with Crippen LogP contribution in [-0.4, -0.2) is 12.6 Å². The SMILES string of the molecule is O=C(OCC1c2ccccc2-c2ccccc21)c1ccc2c(c1CF)C(Cl)c1ccccc1-2. The molecular formula is C29H20ClFO2. The van der Waals surface area contributed by atoms with Crippen LogP contribution >= 0.6 is 11.6 Å². The Bertz CT molecular complexity index is 1370. The molecule has 0 spiro atoms. The van der Waals surface area contributed by atoms with Gasteiger partial charge in [0.05, 0.1) is 10.9 Å². The number of fused-ring (bicyclic) bond motifs is 6. The van der Waals surface area contributed by atoms with Crippen molar-refractivity contribution in [2.75, 3.05) is 6.61 Å². The fraction of sp³-hybridized carbons (Fsp3) is 0.138. The molecule has 2 aliphatic carbocycles. The molecule has 0 amide bonds. The molecule has 33 heavy (non-hydrogen) atoms. The van der Waals surface area contributed by atoms with E-state index in [1.54, 1.807) is 6.07 Å². The molecule has 0 N–H and O–H groups in total. The fourth-order valence-electron chi connectivity index (χ4n) is 5.32. The molecule has 0 fully saturated rings. The summed E-state index contributed by atoms with van der Waals surface area (Å²) in [5.41, 5.74) is 8.66. The summed E-state index contributed by atoms with van der Waals surface area (Å²) in [7, 11) is 0. The Morgan fingerprint density at radius 1 is 0.758 bits per heavy atom. The van der Waals surface area contributed by atoms with Gasteiger partial charge in [0.15, 0.2) is 0 Å². The van der Waals surface area contributed by atoms with Crippen molar-refractivity contribution in [2.45, 2.75) is 18.0 Å². The molecule has 0 aromatic heterocycles. The molecule has 0 radical (unpaired) electrons. The summed E-state index contributed by atoms with van der Waals surface area (Å²) >= 11 is 6.71. The van der Waals surface area contributed by atoms with Gasteiger partial charge in [-0.2, -0.15) is 0 Å². The van der Waals surface area contributed by atoms with Gasteiger partial charge in [-0.1, -0.05) is 78.9 Å². The van der Waals surface area contributed by atoms with Crippen molar-refractivity contribution in [3.05, 3.63) is 118 Å². The number of carbonyl (C=O) groups is 1. The second-order valence-corrected chi connectivity index (χ2v) is 8.90. The van der Waals surface area contributed by atoms with E-state index < -0.39 is 18.0 Å². The summed E-state index contributed by atoms with van der Waals surface area (Å²) in [5.74, 6) is -0.568. The molecule has 0 bridgehead atoms. The Morgan fingerprint density at radius 3 is 1.91 bits per heavy atom. The highest BCUT2D eigenvalue weighted by Gasteiger charge is 2.33. The van der Waals surface area contributed by atoms with Crippen LogP contribution in [0.4, 0.5) is 4.39 Å². The molecular weight excluding hydrogens is 435 g/mol. The van der Waals surface area contributed by atoms with Gasteiger partial charge in [0.25, 0.3) is 0 Å². The van der Waals surface area contributed by atoms with Crippen LogP contribution in [0, 0.1) is 0 Å². The van der Waals surface area contributed by atoms with Crippen LogP contribution in [0.2, 0.25) is 0 Å². The maximum absolute atomic E-state index is 14.3. The lowest BCUT2D eigenvalue weighted by Crippen LogP contribution is -2.15. The number of carbonyl (C=O) groups excluding carboxylic acids is 1. The molecule has 4 aromatic carbocycles. The lowest BCUT2D eigenvalue weighted by molar-refractivity contribution is 0.0491. The summed E-state index contributed by atoms with van der Waals surface area (Å²) in [5, 5.41) is -0.483. The molecule has 2 nitrogen and oxygen atoms in total. The third-order valence-corrected chi connectivity index (χ3v) is 7.29. The van der Waals surface area contributed by atoms with Crippen LogP contribution in [-0.2, 0) is 11.4 Å². The quantitative estimate of drug-likeness (QED) is 0.236. The standard InChI is InChI=1S/C29H20ClFO2/c30-28-23-12-6-5-11-21(23)22-13-14-24(25(15-31)27(22)28)29(32)33-16-26-19-9-3-1-7-17(19)18-8-2-4-10-20(18)26/h1-14,26,28H,15-16H2. The van der Waals surface area contributed by atoms with E-state index in [1.165, 1.54) is 11.1 Å². The average molecular weight is 455 g/mol. The lowest BCUT2D eigenvalue weighted by atomic mass is 9.96. The first-order valence-corrected chi connectivity index (χ1v) is 11.4. The van der Waals surface area contributed by atoms with E-state index in [4.69, 9.17) is 16.3 Å². The predicted molar refractivity (Wildman–Crippen MR) is 128 cm³/mol. The van der Waals surface area contributed by atoms with Crippen molar-refractivity contribution in [1.29, 1.82) is 0 Å². The lowest BCUT2D eigenvalue weighted by Gasteiger charge is -2.17. The first-order chi connectivity index (χ1) is 16.2. The molecule has 4 aromatic rings. The average Bonchev–Trinajstić information content (AvgIpc) is 3.34. The number of benzene rings is 4. The van der Waals surface area contributed by atoms with Crippen LogP contribution in [0.25, 0.3) is 22.3 Å². The molecule has 0 aliphatic heterocycles. The zero-order chi connectivity index (χ0) is 22.5. The molecule has 162 valence electrons. The van der Waals surface area contributed by atoms with Gasteiger partial charge in [0, 0.05) is 11.5 Å². The highest BCUT2D eigenvalue weighted by molar-refractivity contribution is 6.25. The third kappa shape index (κ3) is 3.03.